The Bertz CT molecular complexity index is 967. The summed E-state index contributed by atoms with van der Waals surface area (Å²) in [7, 11) is 0. The van der Waals surface area contributed by atoms with Gasteiger partial charge in [0.25, 0.3) is 0 Å². The molecule has 0 aliphatic carbocycles. The Kier molecular flexibility index (Phi) is 4.18. The van der Waals surface area contributed by atoms with Crippen molar-refractivity contribution in [3.63, 3.8) is 0 Å². The zero-order valence-electron chi connectivity index (χ0n) is 13.2. The number of rotatable bonds is 3. The van der Waals surface area contributed by atoms with Crippen LogP contribution in [0.15, 0.2) is 65.8 Å². The molecule has 3 aromatic carbocycles. The minimum atomic E-state index is 0.257. The van der Waals surface area contributed by atoms with Crippen molar-refractivity contribution in [2.45, 2.75) is 0 Å². The van der Waals surface area contributed by atoms with Gasteiger partial charge in [-0.3, -0.25) is 5.43 Å². The molecule has 0 bridgehead atoms. The summed E-state index contributed by atoms with van der Waals surface area (Å²) in [5, 5.41) is 10.0. The monoisotopic (exact) mass is 349 g/mol. The molecule has 0 unspecified atom stereocenters. The number of hydrogen-bond donors (Lipinski definition) is 2. The molecule has 3 aromatic rings. The molecule has 1 aliphatic heterocycles. The molecule has 1 aliphatic rings. The Morgan fingerprint density at radius 3 is 2.80 bits per heavy atom. The van der Waals surface area contributed by atoms with Gasteiger partial charge in [0.2, 0.25) is 6.79 Å². The van der Waals surface area contributed by atoms with Gasteiger partial charge in [-0.1, -0.05) is 36.4 Å². The summed E-state index contributed by atoms with van der Waals surface area (Å²) in [6.07, 6.45) is 1.68. The zero-order valence-corrected chi connectivity index (χ0v) is 14.0. The average Bonchev–Trinajstić information content (AvgIpc) is 3.10. The predicted octanol–water partition coefficient (Wildman–Crippen LogP) is 3.89. The first kappa shape index (κ1) is 15.4. The van der Waals surface area contributed by atoms with E-state index < -0.39 is 0 Å². The molecule has 0 atom stereocenters. The number of fused-ring (bicyclic) bond motifs is 2. The molecule has 1 heterocycles. The Morgan fingerprint density at radius 1 is 1.00 bits per heavy atom. The summed E-state index contributed by atoms with van der Waals surface area (Å²) in [6, 6.07) is 19.8. The number of ether oxygens (including phenoxy) is 2. The third-order valence-corrected chi connectivity index (χ3v) is 4.01. The van der Waals surface area contributed by atoms with Crippen LogP contribution in [0.3, 0.4) is 0 Å². The fraction of sp³-hybridized carbons (Fsp3) is 0.0526. The van der Waals surface area contributed by atoms with E-state index in [2.05, 4.69) is 34.0 Å². The summed E-state index contributed by atoms with van der Waals surface area (Å²) in [6.45, 7) is 0.257. The van der Waals surface area contributed by atoms with Crippen LogP contribution in [0, 0.1) is 0 Å². The summed E-state index contributed by atoms with van der Waals surface area (Å²) in [5.41, 5.74) is 4.66. The number of benzene rings is 3. The van der Waals surface area contributed by atoms with Crippen LogP contribution in [0.1, 0.15) is 5.56 Å². The van der Waals surface area contributed by atoms with Crippen LogP contribution < -0.4 is 20.2 Å². The summed E-state index contributed by atoms with van der Waals surface area (Å²) in [5.74, 6) is 1.47. The number of anilines is 1. The fourth-order valence-electron chi connectivity index (χ4n) is 2.64. The molecule has 0 saturated heterocycles. The molecule has 25 heavy (non-hydrogen) atoms. The van der Waals surface area contributed by atoms with Crippen LogP contribution in [0.25, 0.3) is 10.8 Å². The SMILES string of the molecule is S=C(N/N=C/c1ccc2c(c1)OCO2)Nc1cccc2ccccc12. The van der Waals surface area contributed by atoms with Gasteiger partial charge in [0.15, 0.2) is 16.6 Å². The summed E-state index contributed by atoms with van der Waals surface area (Å²) in [4.78, 5) is 0. The molecule has 0 fully saturated rings. The Hall–Kier alpha value is -3.12. The van der Waals surface area contributed by atoms with Crippen molar-refractivity contribution in [1.29, 1.82) is 0 Å². The van der Waals surface area contributed by atoms with E-state index in [1.54, 1.807) is 6.21 Å². The average molecular weight is 349 g/mol. The second-order valence-electron chi connectivity index (χ2n) is 5.46. The number of hydrazone groups is 1. The fourth-order valence-corrected chi connectivity index (χ4v) is 2.81. The third-order valence-electron chi connectivity index (χ3n) is 3.81. The minimum Gasteiger partial charge on any atom is -0.454 e. The van der Waals surface area contributed by atoms with Crippen molar-refractivity contribution in [3.05, 3.63) is 66.2 Å². The molecule has 124 valence electrons. The Balaban J connectivity index is 1.42. The lowest BCUT2D eigenvalue weighted by atomic mass is 10.1. The van der Waals surface area contributed by atoms with Crippen LogP contribution >= 0.6 is 12.2 Å². The van der Waals surface area contributed by atoms with Gasteiger partial charge in [-0.25, -0.2) is 0 Å². The van der Waals surface area contributed by atoms with Crippen molar-refractivity contribution < 1.29 is 9.47 Å². The molecule has 2 N–H and O–H groups in total. The smallest absolute Gasteiger partial charge is 0.231 e. The maximum Gasteiger partial charge on any atom is 0.231 e. The highest BCUT2D eigenvalue weighted by atomic mass is 32.1. The minimum absolute atomic E-state index is 0.257. The van der Waals surface area contributed by atoms with Gasteiger partial charge in [-0.05, 0) is 47.4 Å². The van der Waals surface area contributed by atoms with Crippen molar-refractivity contribution in [2.24, 2.45) is 5.10 Å². The second kappa shape index (κ2) is 6.78. The van der Waals surface area contributed by atoms with E-state index in [0.29, 0.717) is 5.11 Å². The van der Waals surface area contributed by atoms with Crippen LogP contribution in [0.4, 0.5) is 5.69 Å². The summed E-state index contributed by atoms with van der Waals surface area (Å²) < 4.78 is 10.6. The van der Waals surface area contributed by atoms with Crippen LogP contribution in [-0.4, -0.2) is 18.1 Å². The lowest BCUT2D eigenvalue weighted by Gasteiger charge is -2.10. The van der Waals surface area contributed by atoms with Gasteiger partial charge in [-0.15, -0.1) is 0 Å². The van der Waals surface area contributed by atoms with Gasteiger partial charge >= 0.3 is 0 Å². The van der Waals surface area contributed by atoms with E-state index in [9.17, 15) is 0 Å². The maximum absolute atomic E-state index is 5.34. The molecule has 5 nitrogen and oxygen atoms in total. The predicted molar refractivity (Wildman–Crippen MR) is 103 cm³/mol. The number of thiocarbonyl (C=S) groups is 1. The van der Waals surface area contributed by atoms with Gasteiger partial charge in [0.05, 0.1) is 6.21 Å². The highest BCUT2D eigenvalue weighted by Crippen LogP contribution is 2.32. The molecule has 0 radical (unpaired) electrons. The van der Waals surface area contributed by atoms with Crippen molar-refractivity contribution >= 4 is 40.0 Å². The highest BCUT2D eigenvalue weighted by molar-refractivity contribution is 7.80. The molecule has 0 aromatic heterocycles. The number of hydrogen-bond acceptors (Lipinski definition) is 4. The van der Waals surface area contributed by atoms with Crippen LogP contribution in [-0.2, 0) is 0 Å². The van der Waals surface area contributed by atoms with Crippen molar-refractivity contribution in [2.75, 3.05) is 12.1 Å². The van der Waals surface area contributed by atoms with Crippen LogP contribution in [0.5, 0.6) is 11.5 Å². The third kappa shape index (κ3) is 3.39. The summed E-state index contributed by atoms with van der Waals surface area (Å²) >= 11 is 5.31. The van der Waals surface area contributed by atoms with E-state index >= 15 is 0 Å². The van der Waals surface area contributed by atoms with E-state index in [1.165, 1.54) is 0 Å². The zero-order chi connectivity index (χ0) is 17.1. The van der Waals surface area contributed by atoms with E-state index in [-0.39, 0.29) is 6.79 Å². The molecule has 4 rings (SSSR count). The first-order valence-corrected chi connectivity index (χ1v) is 8.18. The van der Waals surface area contributed by atoms with Crippen LogP contribution in [0.2, 0.25) is 0 Å². The first-order chi connectivity index (χ1) is 12.3. The van der Waals surface area contributed by atoms with Gasteiger partial charge in [0.1, 0.15) is 0 Å². The highest BCUT2D eigenvalue weighted by Gasteiger charge is 2.12. The Labute approximate surface area is 150 Å². The van der Waals surface area contributed by atoms with E-state index in [4.69, 9.17) is 21.7 Å². The molecule has 0 amide bonds. The maximum atomic E-state index is 5.34. The molecule has 0 saturated carbocycles. The molecular formula is C19H15N3O2S. The van der Waals surface area contributed by atoms with Gasteiger partial charge < -0.3 is 14.8 Å². The van der Waals surface area contributed by atoms with Gasteiger partial charge in [-0.2, -0.15) is 5.10 Å². The van der Waals surface area contributed by atoms with E-state index in [0.717, 1.165) is 33.5 Å². The number of nitrogens with one attached hydrogen (secondary N) is 2. The normalized spacial score (nSPS) is 12.5. The Morgan fingerprint density at radius 2 is 1.84 bits per heavy atom. The molecule has 0 spiro atoms. The quantitative estimate of drug-likeness (QED) is 0.427. The molecule has 6 heteroatoms. The van der Waals surface area contributed by atoms with E-state index in [1.807, 2.05) is 42.5 Å². The van der Waals surface area contributed by atoms with Gasteiger partial charge in [0, 0.05) is 11.1 Å². The van der Waals surface area contributed by atoms with Crippen molar-refractivity contribution in [3.8, 4) is 11.5 Å². The molecular weight excluding hydrogens is 334 g/mol. The lowest BCUT2D eigenvalue weighted by molar-refractivity contribution is 0.174. The topological polar surface area (TPSA) is 54.9 Å². The number of nitrogens with zero attached hydrogens (tertiary/aromatic N) is 1. The largest absolute Gasteiger partial charge is 0.454 e. The van der Waals surface area contributed by atoms with Crippen molar-refractivity contribution in [1.82, 2.24) is 5.43 Å². The lowest BCUT2D eigenvalue weighted by Crippen LogP contribution is -2.23. The standard InChI is InChI=1S/C19H15N3O2S/c25-19(21-16-7-3-5-14-4-1-2-6-15(14)16)22-20-11-13-8-9-17-18(10-13)24-12-23-17/h1-11H,12H2,(H2,21,22,25)/b20-11+. The second-order valence-corrected chi connectivity index (χ2v) is 5.87. The first-order valence-electron chi connectivity index (χ1n) is 7.77.